The Bertz CT molecular complexity index is 635. The molecule has 0 aromatic rings. The van der Waals surface area contributed by atoms with E-state index in [2.05, 4.69) is 32.1 Å². The number of ether oxygens (including phenoxy) is 2. The van der Waals surface area contributed by atoms with Crippen molar-refractivity contribution in [3.63, 3.8) is 0 Å². The highest BCUT2D eigenvalue weighted by Gasteiger charge is 2.43. The number of alkyl halides is 1. The zero-order valence-electron chi connectivity index (χ0n) is 18.3. The largest absolute Gasteiger partial charge is 0.353 e. The third-order valence-corrected chi connectivity index (χ3v) is 5.85. The van der Waals surface area contributed by atoms with Gasteiger partial charge in [0.2, 0.25) is 0 Å². The zero-order valence-corrected chi connectivity index (χ0v) is 19.1. The van der Waals surface area contributed by atoms with E-state index in [-0.39, 0.29) is 17.6 Å². The number of hydrogen-bond acceptors (Lipinski definition) is 4. The summed E-state index contributed by atoms with van der Waals surface area (Å²) in [6.45, 7) is 8.45. The Morgan fingerprint density at radius 2 is 2.21 bits per heavy atom. The third-order valence-electron chi connectivity index (χ3n) is 5.68. The number of halogens is 1. The predicted octanol–water partition coefficient (Wildman–Crippen LogP) is 6.12. The standard InChI is InChI=1S/C24H36ClNO3/c1-5-28-20(3)29-22(18-26)14-12-19(2)10-9-16-24(4)21(13-15-23(24)27)11-7-6-8-17-25/h6-8,10-11,20-22H,5,9,12-17H2,1-4H3/b8-6+,11-7+,19-10+/t20?,21-,22?,24?/m1/s1. The molecule has 1 aliphatic carbocycles. The number of hydrogen-bond donors (Lipinski definition) is 0. The molecule has 0 aliphatic heterocycles. The topological polar surface area (TPSA) is 59.3 Å². The van der Waals surface area contributed by atoms with Crippen molar-refractivity contribution in [3.05, 3.63) is 36.0 Å². The zero-order chi connectivity index (χ0) is 21.7. The molecule has 0 bridgehead atoms. The van der Waals surface area contributed by atoms with Gasteiger partial charge in [-0.25, -0.2) is 0 Å². The van der Waals surface area contributed by atoms with Crippen LogP contribution in [0.5, 0.6) is 0 Å². The summed E-state index contributed by atoms with van der Waals surface area (Å²) < 4.78 is 10.9. The maximum atomic E-state index is 12.5. The fourth-order valence-electron chi connectivity index (χ4n) is 3.81. The van der Waals surface area contributed by atoms with E-state index in [1.807, 2.05) is 32.1 Å². The van der Waals surface area contributed by atoms with E-state index in [9.17, 15) is 10.1 Å². The smallest absolute Gasteiger partial charge is 0.156 e. The van der Waals surface area contributed by atoms with Gasteiger partial charge in [0.15, 0.2) is 6.29 Å². The van der Waals surface area contributed by atoms with Crippen molar-refractivity contribution in [1.29, 1.82) is 5.26 Å². The third kappa shape index (κ3) is 8.86. The average Bonchev–Trinajstić information content (AvgIpc) is 2.97. The number of carbonyl (C=O) groups is 1. The second-order valence-electron chi connectivity index (χ2n) is 7.86. The van der Waals surface area contributed by atoms with Gasteiger partial charge in [0.1, 0.15) is 11.9 Å². The molecule has 0 radical (unpaired) electrons. The van der Waals surface area contributed by atoms with Gasteiger partial charge in [-0.2, -0.15) is 5.26 Å². The first-order valence-corrected chi connectivity index (χ1v) is 11.2. The second-order valence-corrected chi connectivity index (χ2v) is 8.17. The minimum Gasteiger partial charge on any atom is -0.353 e. The molecule has 29 heavy (non-hydrogen) atoms. The van der Waals surface area contributed by atoms with Crippen molar-refractivity contribution >= 4 is 17.4 Å². The first-order valence-electron chi connectivity index (χ1n) is 10.6. The second kappa shape index (κ2) is 13.7. The van der Waals surface area contributed by atoms with Crippen LogP contribution in [0.3, 0.4) is 0 Å². The van der Waals surface area contributed by atoms with Crippen LogP contribution >= 0.6 is 11.6 Å². The van der Waals surface area contributed by atoms with E-state index < -0.39 is 6.10 Å². The Labute approximate surface area is 181 Å². The first kappa shape index (κ1) is 25.6. The van der Waals surface area contributed by atoms with Crippen molar-refractivity contribution < 1.29 is 14.3 Å². The van der Waals surface area contributed by atoms with Gasteiger partial charge >= 0.3 is 0 Å². The molecule has 0 heterocycles. The van der Waals surface area contributed by atoms with Gasteiger partial charge in [0, 0.05) is 24.3 Å². The summed E-state index contributed by atoms with van der Waals surface area (Å²) in [5.74, 6) is 1.14. The van der Waals surface area contributed by atoms with Crippen LogP contribution < -0.4 is 0 Å². The maximum Gasteiger partial charge on any atom is 0.156 e. The van der Waals surface area contributed by atoms with E-state index in [4.69, 9.17) is 21.1 Å². The highest BCUT2D eigenvalue weighted by molar-refractivity contribution is 6.18. The first-order chi connectivity index (χ1) is 13.9. The van der Waals surface area contributed by atoms with Crippen molar-refractivity contribution in [2.45, 2.75) is 78.6 Å². The number of ketones is 1. The van der Waals surface area contributed by atoms with E-state index in [0.717, 1.165) is 25.7 Å². The normalized spacial score (nSPS) is 25.0. The molecule has 0 aromatic carbocycles. The van der Waals surface area contributed by atoms with Crippen LogP contribution in [-0.4, -0.2) is 30.7 Å². The molecule has 1 fully saturated rings. The summed E-state index contributed by atoms with van der Waals surface area (Å²) in [7, 11) is 0. The quantitative estimate of drug-likeness (QED) is 0.155. The van der Waals surface area contributed by atoms with E-state index in [0.29, 0.717) is 31.1 Å². The molecule has 162 valence electrons. The molecule has 0 saturated heterocycles. The van der Waals surface area contributed by atoms with Crippen molar-refractivity contribution in [3.8, 4) is 6.07 Å². The van der Waals surface area contributed by atoms with Crippen LogP contribution in [-0.2, 0) is 14.3 Å². The van der Waals surface area contributed by atoms with Crippen molar-refractivity contribution in [1.82, 2.24) is 0 Å². The Hall–Kier alpha value is -1.41. The molecule has 5 heteroatoms. The lowest BCUT2D eigenvalue weighted by molar-refractivity contribution is -0.145. The van der Waals surface area contributed by atoms with Crippen LogP contribution in [0, 0.1) is 22.7 Å². The lowest BCUT2D eigenvalue weighted by Gasteiger charge is -2.27. The van der Waals surface area contributed by atoms with Gasteiger partial charge in [0.25, 0.3) is 0 Å². The molecule has 4 nitrogen and oxygen atoms in total. The molecule has 3 unspecified atom stereocenters. The number of Topliss-reactive ketones (excluding diaryl/α,β-unsaturated/α-hetero) is 1. The van der Waals surface area contributed by atoms with Crippen LogP contribution in [0.25, 0.3) is 0 Å². The number of rotatable bonds is 13. The van der Waals surface area contributed by atoms with Crippen molar-refractivity contribution in [2.24, 2.45) is 11.3 Å². The highest BCUT2D eigenvalue weighted by Crippen LogP contribution is 2.44. The molecule has 0 amide bonds. The molecule has 4 atom stereocenters. The molecule has 0 spiro atoms. The summed E-state index contributed by atoms with van der Waals surface area (Å²) in [4.78, 5) is 12.5. The molecular weight excluding hydrogens is 386 g/mol. The minimum absolute atomic E-state index is 0.278. The predicted molar refractivity (Wildman–Crippen MR) is 119 cm³/mol. The van der Waals surface area contributed by atoms with Crippen LogP contribution in [0.15, 0.2) is 36.0 Å². The van der Waals surface area contributed by atoms with Crippen LogP contribution in [0.2, 0.25) is 0 Å². The molecule has 1 aliphatic rings. The average molecular weight is 422 g/mol. The van der Waals surface area contributed by atoms with Gasteiger partial charge in [-0.1, -0.05) is 42.9 Å². The van der Waals surface area contributed by atoms with Gasteiger partial charge in [-0.05, 0) is 58.8 Å². The number of nitriles is 1. The summed E-state index contributed by atoms with van der Waals surface area (Å²) in [6, 6.07) is 2.20. The monoisotopic (exact) mass is 421 g/mol. The molecular formula is C24H36ClNO3. The lowest BCUT2D eigenvalue weighted by Crippen LogP contribution is -2.27. The van der Waals surface area contributed by atoms with Gasteiger partial charge in [-0.15, -0.1) is 11.6 Å². The Morgan fingerprint density at radius 1 is 1.45 bits per heavy atom. The molecule has 1 saturated carbocycles. The fraction of sp³-hybridized carbons (Fsp3) is 0.667. The van der Waals surface area contributed by atoms with Gasteiger partial charge in [-0.3, -0.25) is 4.79 Å². The van der Waals surface area contributed by atoms with Crippen LogP contribution in [0.4, 0.5) is 0 Å². The Kier molecular flexibility index (Phi) is 12.1. The number of allylic oxidation sites excluding steroid dienone is 6. The number of nitrogens with zero attached hydrogens (tertiary/aromatic N) is 1. The van der Waals surface area contributed by atoms with Crippen LogP contribution in [0.1, 0.15) is 66.2 Å². The molecule has 1 rings (SSSR count). The fourth-order valence-corrected chi connectivity index (χ4v) is 3.91. The van der Waals surface area contributed by atoms with Gasteiger partial charge in [0.05, 0.1) is 6.07 Å². The lowest BCUT2D eigenvalue weighted by atomic mass is 9.75. The maximum absolute atomic E-state index is 12.5. The van der Waals surface area contributed by atoms with E-state index >= 15 is 0 Å². The van der Waals surface area contributed by atoms with Gasteiger partial charge < -0.3 is 9.47 Å². The summed E-state index contributed by atoms with van der Waals surface area (Å²) in [6.07, 6.45) is 14.1. The molecule has 0 N–H and O–H groups in total. The SMILES string of the molecule is CCOC(C)OC(C#N)CC/C(C)=C/CCC1(C)C(=O)CC[C@H]1/C=C/C=C/CCl. The van der Waals surface area contributed by atoms with E-state index in [1.165, 1.54) is 5.57 Å². The van der Waals surface area contributed by atoms with Crippen molar-refractivity contribution in [2.75, 3.05) is 12.5 Å². The minimum atomic E-state index is -0.468. The van der Waals surface area contributed by atoms with E-state index in [1.54, 1.807) is 0 Å². The summed E-state index contributed by atoms with van der Waals surface area (Å²) >= 11 is 5.65. The Balaban J connectivity index is 2.54. The summed E-state index contributed by atoms with van der Waals surface area (Å²) in [5.41, 5.74) is 0.928. The summed E-state index contributed by atoms with van der Waals surface area (Å²) in [5, 5.41) is 9.27. The highest BCUT2D eigenvalue weighted by atomic mass is 35.5. The molecule has 0 aromatic heterocycles. The Morgan fingerprint density at radius 3 is 2.86 bits per heavy atom. The number of carbonyl (C=O) groups excluding carboxylic acids is 1.